The molecule has 0 saturated heterocycles. The highest BCUT2D eigenvalue weighted by Gasteiger charge is 2.18. The van der Waals surface area contributed by atoms with Gasteiger partial charge in [0.15, 0.2) is 0 Å². The predicted molar refractivity (Wildman–Crippen MR) is 85.3 cm³/mol. The van der Waals surface area contributed by atoms with Gasteiger partial charge in [0, 0.05) is 0 Å². The van der Waals surface area contributed by atoms with E-state index in [1.54, 1.807) is 12.1 Å². The summed E-state index contributed by atoms with van der Waals surface area (Å²) in [6.07, 6.45) is 1.16. The van der Waals surface area contributed by atoms with Gasteiger partial charge < -0.3 is 4.18 Å². The molecule has 0 unspecified atom stereocenters. The second kappa shape index (κ2) is 6.34. The first-order chi connectivity index (χ1) is 9.79. The molecule has 2 rings (SSSR count). The van der Waals surface area contributed by atoms with E-state index in [9.17, 15) is 8.42 Å². The van der Waals surface area contributed by atoms with E-state index in [1.807, 2.05) is 12.1 Å². The highest BCUT2D eigenvalue weighted by Crippen LogP contribution is 2.25. The Morgan fingerprint density at radius 1 is 1.24 bits per heavy atom. The summed E-state index contributed by atoms with van der Waals surface area (Å²) in [7, 11) is -3.94. The van der Waals surface area contributed by atoms with Crippen LogP contribution in [0.4, 0.5) is 0 Å². The smallest absolute Gasteiger partial charge is 0.340 e. The molecule has 0 bridgehead atoms. The molecule has 7 heteroatoms. The highest BCUT2D eigenvalue weighted by atomic mass is 79.9. The minimum Gasteiger partial charge on any atom is -0.379 e. The van der Waals surface area contributed by atoms with Crippen molar-refractivity contribution in [2.45, 2.75) is 24.7 Å². The van der Waals surface area contributed by atoms with Crippen LogP contribution in [-0.4, -0.2) is 13.4 Å². The Morgan fingerprint density at radius 3 is 2.38 bits per heavy atom. The quantitative estimate of drug-likeness (QED) is 0.574. The Kier molecular flexibility index (Phi) is 4.91. The molecule has 0 aliphatic heterocycles. The van der Waals surface area contributed by atoms with E-state index < -0.39 is 10.1 Å². The van der Waals surface area contributed by atoms with Crippen molar-refractivity contribution in [3.63, 3.8) is 0 Å². The summed E-state index contributed by atoms with van der Waals surface area (Å²) in [5.74, 6) is 0.623. The summed E-state index contributed by atoms with van der Waals surface area (Å²) in [5, 5.41) is 0.190. The van der Waals surface area contributed by atoms with Gasteiger partial charge in [-0.15, -0.1) is 0 Å². The van der Waals surface area contributed by atoms with Crippen LogP contribution in [0.5, 0.6) is 5.75 Å². The van der Waals surface area contributed by atoms with Gasteiger partial charge in [-0.25, -0.2) is 4.98 Å². The lowest BCUT2D eigenvalue weighted by atomic mass is 10.0. The SMILES string of the molecule is CC(C)c1ccc(OS(=O)(=O)c2cnc(Cl)c(Br)c2)cc1. The van der Waals surface area contributed by atoms with Crippen LogP contribution < -0.4 is 4.18 Å². The van der Waals surface area contributed by atoms with Crippen LogP contribution in [0.1, 0.15) is 25.3 Å². The van der Waals surface area contributed by atoms with E-state index in [1.165, 1.54) is 6.07 Å². The number of aromatic nitrogens is 1. The summed E-state index contributed by atoms with van der Waals surface area (Å²) in [4.78, 5) is 3.72. The van der Waals surface area contributed by atoms with Gasteiger partial charge in [0.25, 0.3) is 0 Å². The second-order valence-corrected chi connectivity index (χ2v) is 7.46. The molecule has 1 aromatic heterocycles. The molecule has 4 nitrogen and oxygen atoms in total. The lowest BCUT2D eigenvalue weighted by Gasteiger charge is -2.09. The fourth-order valence-corrected chi connectivity index (χ4v) is 3.13. The molecule has 0 fully saturated rings. The molecule has 0 amide bonds. The van der Waals surface area contributed by atoms with Gasteiger partial charge in [0.1, 0.15) is 15.8 Å². The number of rotatable bonds is 4. The van der Waals surface area contributed by atoms with Crippen LogP contribution >= 0.6 is 27.5 Å². The van der Waals surface area contributed by atoms with Gasteiger partial charge >= 0.3 is 10.1 Å². The first-order valence-corrected chi connectivity index (χ1v) is 8.73. The van der Waals surface area contributed by atoms with E-state index in [0.29, 0.717) is 10.4 Å². The maximum Gasteiger partial charge on any atom is 0.340 e. The average Bonchev–Trinajstić information content (AvgIpc) is 2.42. The van der Waals surface area contributed by atoms with Crippen molar-refractivity contribution in [1.29, 1.82) is 0 Å². The third-order valence-electron chi connectivity index (χ3n) is 2.81. The Morgan fingerprint density at radius 2 is 1.86 bits per heavy atom. The van der Waals surface area contributed by atoms with Gasteiger partial charge in [-0.3, -0.25) is 0 Å². The maximum absolute atomic E-state index is 12.2. The monoisotopic (exact) mass is 389 g/mol. The van der Waals surface area contributed by atoms with E-state index in [-0.39, 0.29) is 15.8 Å². The van der Waals surface area contributed by atoms with Crippen molar-refractivity contribution in [2.75, 3.05) is 0 Å². The second-order valence-electron chi connectivity index (χ2n) is 4.70. The number of pyridine rings is 1. The van der Waals surface area contributed by atoms with Gasteiger partial charge in [-0.1, -0.05) is 37.6 Å². The van der Waals surface area contributed by atoms with E-state index in [0.717, 1.165) is 11.8 Å². The third-order valence-corrected chi connectivity index (χ3v) is 5.16. The van der Waals surface area contributed by atoms with Gasteiger partial charge in [0.2, 0.25) is 0 Å². The molecule has 0 spiro atoms. The van der Waals surface area contributed by atoms with Crippen LogP contribution in [0, 0.1) is 0 Å². The van der Waals surface area contributed by atoms with E-state index in [4.69, 9.17) is 15.8 Å². The van der Waals surface area contributed by atoms with Crippen molar-refractivity contribution < 1.29 is 12.6 Å². The average molecular weight is 391 g/mol. The lowest BCUT2D eigenvalue weighted by molar-refractivity contribution is 0.485. The molecular formula is C14H13BrClNO3S. The summed E-state index contributed by atoms with van der Waals surface area (Å²) in [6.45, 7) is 4.12. The zero-order valence-corrected chi connectivity index (χ0v) is 14.5. The van der Waals surface area contributed by atoms with Crippen LogP contribution in [0.2, 0.25) is 5.15 Å². The molecule has 112 valence electrons. The van der Waals surface area contributed by atoms with Gasteiger partial charge in [-0.05, 0) is 45.6 Å². The number of nitrogens with zero attached hydrogens (tertiary/aromatic N) is 1. The topological polar surface area (TPSA) is 56.3 Å². The largest absolute Gasteiger partial charge is 0.379 e. The number of benzene rings is 1. The summed E-state index contributed by atoms with van der Waals surface area (Å²) in [5.41, 5.74) is 1.11. The normalized spacial score (nSPS) is 11.7. The van der Waals surface area contributed by atoms with Crippen molar-refractivity contribution in [3.05, 3.63) is 51.7 Å². The zero-order valence-electron chi connectivity index (χ0n) is 11.4. The first kappa shape index (κ1) is 16.3. The zero-order chi connectivity index (χ0) is 15.6. The van der Waals surface area contributed by atoms with E-state index >= 15 is 0 Å². The van der Waals surface area contributed by atoms with Gasteiger partial charge in [0.05, 0.1) is 10.7 Å². The fraction of sp³-hybridized carbons (Fsp3) is 0.214. The summed E-state index contributed by atoms with van der Waals surface area (Å²) >= 11 is 8.88. The Balaban J connectivity index is 2.26. The fourth-order valence-electron chi connectivity index (χ4n) is 1.62. The van der Waals surface area contributed by atoms with Crippen LogP contribution in [0.25, 0.3) is 0 Å². The molecular weight excluding hydrogens is 378 g/mol. The predicted octanol–water partition coefficient (Wildman–Crippen LogP) is 4.39. The molecule has 0 radical (unpaired) electrons. The molecule has 0 atom stereocenters. The molecule has 1 aromatic carbocycles. The molecule has 0 saturated carbocycles. The summed E-state index contributed by atoms with van der Waals surface area (Å²) in [6, 6.07) is 8.29. The molecule has 2 aromatic rings. The number of halogens is 2. The van der Waals surface area contributed by atoms with Crippen LogP contribution in [0.15, 0.2) is 45.9 Å². The van der Waals surface area contributed by atoms with Crippen LogP contribution in [-0.2, 0) is 10.1 Å². The van der Waals surface area contributed by atoms with Gasteiger partial charge in [-0.2, -0.15) is 8.42 Å². The molecule has 0 aliphatic rings. The highest BCUT2D eigenvalue weighted by molar-refractivity contribution is 9.10. The Labute approximate surface area is 137 Å². The van der Waals surface area contributed by atoms with E-state index in [2.05, 4.69) is 34.8 Å². The third kappa shape index (κ3) is 3.96. The van der Waals surface area contributed by atoms with Crippen molar-refractivity contribution in [1.82, 2.24) is 4.98 Å². The number of hydrogen-bond donors (Lipinski definition) is 0. The van der Waals surface area contributed by atoms with Crippen molar-refractivity contribution in [2.24, 2.45) is 0 Å². The molecule has 1 heterocycles. The Hall–Kier alpha value is -1.11. The lowest BCUT2D eigenvalue weighted by Crippen LogP contribution is -2.10. The number of hydrogen-bond acceptors (Lipinski definition) is 4. The maximum atomic E-state index is 12.2. The minimum atomic E-state index is -3.94. The molecule has 0 aliphatic carbocycles. The molecule has 0 N–H and O–H groups in total. The van der Waals surface area contributed by atoms with Crippen molar-refractivity contribution >= 4 is 37.6 Å². The molecule has 21 heavy (non-hydrogen) atoms. The Bertz CT molecular complexity index is 745. The standard InChI is InChI=1S/C14H13BrClNO3S/c1-9(2)10-3-5-11(6-4-10)20-21(18,19)12-7-13(15)14(16)17-8-12/h3-9H,1-2H3. The van der Waals surface area contributed by atoms with Crippen LogP contribution in [0.3, 0.4) is 0 Å². The van der Waals surface area contributed by atoms with Crippen molar-refractivity contribution in [3.8, 4) is 5.75 Å². The minimum absolute atomic E-state index is 0.0632. The first-order valence-electron chi connectivity index (χ1n) is 6.15. The summed E-state index contributed by atoms with van der Waals surface area (Å²) < 4.78 is 29.8.